The van der Waals surface area contributed by atoms with Crippen molar-refractivity contribution in [1.82, 2.24) is 19.8 Å². The third-order valence-electron chi connectivity index (χ3n) is 4.51. The fourth-order valence-corrected chi connectivity index (χ4v) is 4.19. The number of aromatic nitrogens is 2. The van der Waals surface area contributed by atoms with E-state index in [4.69, 9.17) is 12.2 Å². The predicted octanol–water partition coefficient (Wildman–Crippen LogP) is 3.34. The second kappa shape index (κ2) is 8.64. The number of allylic oxidation sites excluding steroid dienone is 1. The molecule has 0 bridgehead atoms. The zero-order valence-electron chi connectivity index (χ0n) is 15.8. The lowest BCUT2D eigenvalue weighted by Gasteiger charge is -2.23. The van der Waals surface area contributed by atoms with E-state index in [9.17, 15) is 9.59 Å². The molecule has 0 aliphatic rings. The van der Waals surface area contributed by atoms with E-state index in [1.54, 1.807) is 35.6 Å². The van der Waals surface area contributed by atoms with Gasteiger partial charge in [0.2, 0.25) is 0 Å². The van der Waals surface area contributed by atoms with Crippen LogP contribution in [0.3, 0.4) is 0 Å². The Morgan fingerprint density at radius 1 is 1.43 bits per heavy atom. The van der Waals surface area contributed by atoms with Crippen molar-refractivity contribution in [3.8, 4) is 0 Å². The summed E-state index contributed by atoms with van der Waals surface area (Å²) < 4.78 is 1.74. The molecule has 0 fully saturated rings. The molecule has 28 heavy (non-hydrogen) atoms. The van der Waals surface area contributed by atoms with Gasteiger partial charge < -0.3 is 15.2 Å². The Labute approximate surface area is 172 Å². The Morgan fingerprint density at radius 3 is 2.86 bits per heavy atom. The number of fused-ring (bicyclic) bond motifs is 1. The second-order valence-electron chi connectivity index (χ2n) is 6.60. The van der Waals surface area contributed by atoms with Crippen molar-refractivity contribution in [2.75, 3.05) is 20.6 Å². The van der Waals surface area contributed by atoms with Gasteiger partial charge in [-0.15, -0.1) is 17.9 Å². The summed E-state index contributed by atoms with van der Waals surface area (Å²) in [5, 5.41) is 5.49. The average molecular weight is 415 g/mol. The molecule has 0 aliphatic heterocycles. The summed E-state index contributed by atoms with van der Waals surface area (Å²) in [7, 11) is 3.97. The van der Waals surface area contributed by atoms with Crippen molar-refractivity contribution < 1.29 is 4.79 Å². The van der Waals surface area contributed by atoms with Crippen molar-refractivity contribution >= 4 is 40.4 Å². The number of likely N-dealkylation sites (N-methyl/N-ethyl adjacent to an activating group) is 1. The molecule has 0 spiro atoms. The van der Waals surface area contributed by atoms with E-state index < -0.39 is 0 Å². The first-order valence-corrected chi connectivity index (χ1v) is 10.1. The quantitative estimate of drug-likeness (QED) is 0.460. The molecule has 8 heteroatoms. The van der Waals surface area contributed by atoms with Gasteiger partial charge in [0.15, 0.2) is 4.77 Å². The molecule has 2 aromatic heterocycles. The molecule has 0 saturated carbocycles. The van der Waals surface area contributed by atoms with Crippen molar-refractivity contribution in [2.45, 2.75) is 12.6 Å². The Kier molecular flexibility index (Phi) is 6.23. The van der Waals surface area contributed by atoms with Crippen LogP contribution in [-0.2, 0) is 6.54 Å². The number of aromatic amines is 1. The highest BCUT2D eigenvalue weighted by Gasteiger charge is 2.17. The standard InChI is InChI=1S/C20H22N4O2S2/c1-4-9-24-19(26)14-8-7-13(11-15(14)22-20(24)27)18(25)21-12-16(23(2)3)17-6-5-10-28-17/h4-8,10-11,16H,1,9,12H2,2-3H3,(H,21,25)(H,22,27). The van der Waals surface area contributed by atoms with E-state index in [2.05, 4.69) is 27.8 Å². The van der Waals surface area contributed by atoms with Gasteiger partial charge in [0.05, 0.1) is 16.9 Å². The van der Waals surface area contributed by atoms with Gasteiger partial charge in [-0.2, -0.15) is 0 Å². The topological polar surface area (TPSA) is 70.1 Å². The molecule has 1 atom stereocenters. The maximum atomic E-state index is 12.7. The Balaban J connectivity index is 1.84. The molecule has 0 aliphatic carbocycles. The molecule has 2 N–H and O–H groups in total. The van der Waals surface area contributed by atoms with Crippen LogP contribution >= 0.6 is 23.6 Å². The van der Waals surface area contributed by atoms with Crippen LogP contribution in [0.4, 0.5) is 0 Å². The van der Waals surface area contributed by atoms with Crippen molar-refractivity contribution in [3.05, 3.63) is 73.9 Å². The molecule has 0 radical (unpaired) electrons. The predicted molar refractivity (Wildman–Crippen MR) is 117 cm³/mol. The molecule has 1 aromatic carbocycles. The first-order valence-electron chi connectivity index (χ1n) is 8.78. The highest BCUT2D eigenvalue weighted by Crippen LogP contribution is 2.22. The van der Waals surface area contributed by atoms with Gasteiger partial charge in [0.25, 0.3) is 11.5 Å². The number of amides is 1. The van der Waals surface area contributed by atoms with Crippen LogP contribution < -0.4 is 10.9 Å². The fraction of sp³-hybridized carbons (Fsp3) is 0.250. The highest BCUT2D eigenvalue weighted by atomic mass is 32.1. The number of thiophene rings is 1. The lowest BCUT2D eigenvalue weighted by atomic mass is 10.1. The zero-order chi connectivity index (χ0) is 20.3. The third-order valence-corrected chi connectivity index (χ3v) is 5.80. The molecule has 1 unspecified atom stereocenters. The minimum absolute atomic E-state index is 0.0984. The van der Waals surface area contributed by atoms with Crippen LogP contribution in [0.5, 0.6) is 0 Å². The van der Waals surface area contributed by atoms with E-state index >= 15 is 0 Å². The summed E-state index contributed by atoms with van der Waals surface area (Å²) in [6.45, 7) is 4.47. The fourth-order valence-electron chi connectivity index (χ4n) is 3.00. The second-order valence-corrected chi connectivity index (χ2v) is 7.97. The summed E-state index contributed by atoms with van der Waals surface area (Å²) >= 11 is 6.92. The van der Waals surface area contributed by atoms with Gasteiger partial charge in [0, 0.05) is 23.5 Å². The maximum Gasteiger partial charge on any atom is 0.262 e. The average Bonchev–Trinajstić information content (AvgIpc) is 3.18. The van der Waals surface area contributed by atoms with Crippen LogP contribution in [0, 0.1) is 4.77 Å². The Bertz CT molecular complexity index is 1110. The van der Waals surface area contributed by atoms with Crippen LogP contribution in [0.15, 0.2) is 53.2 Å². The molecular weight excluding hydrogens is 392 g/mol. The summed E-state index contributed by atoms with van der Waals surface area (Å²) in [4.78, 5) is 31.5. The molecule has 3 rings (SSSR count). The largest absolute Gasteiger partial charge is 0.350 e. The number of benzene rings is 1. The summed E-state index contributed by atoms with van der Waals surface area (Å²) in [6.07, 6.45) is 1.62. The molecule has 6 nitrogen and oxygen atoms in total. The monoisotopic (exact) mass is 414 g/mol. The molecule has 3 aromatic rings. The number of hydrogen-bond acceptors (Lipinski definition) is 5. The minimum Gasteiger partial charge on any atom is -0.350 e. The summed E-state index contributed by atoms with van der Waals surface area (Å²) in [6, 6.07) is 9.14. The van der Waals surface area contributed by atoms with E-state index in [0.29, 0.717) is 34.3 Å². The lowest BCUT2D eigenvalue weighted by molar-refractivity contribution is 0.0942. The normalized spacial score (nSPS) is 12.2. The van der Waals surface area contributed by atoms with Gasteiger partial charge in [0.1, 0.15) is 0 Å². The van der Waals surface area contributed by atoms with Crippen molar-refractivity contribution in [1.29, 1.82) is 0 Å². The Morgan fingerprint density at radius 2 is 2.21 bits per heavy atom. The number of nitrogens with one attached hydrogen (secondary N) is 2. The number of hydrogen-bond donors (Lipinski definition) is 2. The number of rotatable bonds is 7. The smallest absolute Gasteiger partial charge is 0.262 e. The van der Waals surface area contributed by atoms with E-state index in [1.165, 1.54) is 9.44 Å². The van der Waals surface area contributed by atoms with Crippen LogP contribution in [-0.4, -0.2) is 41.0 Å². The molecule has 2 heterocycles. The lowest BCUT2D eigenvalue weighted by Crippen LogP contribution is -2.34. The maximum absolute atomic E-state index is 12.7. The third kappa shape index (κ3) is 4.14. The van der Waals surface area contributed by atoms with E-state index in [0.717, 1.165) is 0 Å². The zero-order valence-corrected chi connectivity index (χ0v) is 17.4. The van der Waals surface area contributed by atoms with Crippen molar-refractivity contribution in [3.63, 3.8) is 0 Å². The van der Waals surface area contributed by atoms with Gasteiger partial charge in [-0.3, -0.25) is 14.2 Å². The van der Waals surface area contributed by atoms with Gasteiger partial charge in [-0.05, 0) is 56.0 Å². The SMILES string of the molecule is C=CCn1c(=S)[nH]c2cc(C(=O)NCC(c3cccs3)N(C)C)ccc2c1=O. The number of carbonyl (C=O) groups is 1. The van der Waals surface area contributed by atoms with Crippen LogP contribution in [0.25, 0.3) is 10.9 Å². The molecule has 1 amide bonds. The van der Waals surface area contributed by atoms with Crippen LogP contribution in [0.2, 0.25) is 0 Å². The van der Waals surface area contributed by atoms with Crippen molar-refractivity contribution in [2.24, 2.45) is 0 Å². The highest BCUT2D eigenvalue weighted by molar-refractivity contribution is 7.71. The molecule has 146 valence electrons. The molecular formula is C20H22N4O2S2. The van der Waals surface area contributed by atoms with Crippen LogP contribution in [0.1, 0.15) is 21.3 Å². The van der Waals surface area contributed by atoms with E-state index in [1.807, 2.05) is 25.5 Å². The first-order chi connectivity index (χ1) is 13.4. The number of nitrogens with zero attached hydrogens (tertiary/aromatic N) is 2. The summed E-state index contributed by atoms with van der Waals surface area (Å²) in [5.74, 6) is -0.195. The van der Waals surface area contributed by atoms with Gasteiger partial charge in [-0.25, -0.2) is 0 Å². The Hall–Kier alpha value is -2.55. The first kappa shape index (κ1) is 20.2. The minimum atomic E-state index is -0.198. The number of H-pyrrole nitrogens is 1. The molecule has 0 saturated heterocycles. The van der Waals surface area contributed by atoms with Gasteiger partial charge >= 0.3 is 0 Å². The number of carbonyl (C=O) groups excluding carboxylic acids is 1. The summed E-state index contributed by atoms with van der Waals surface area (Å²) in [5.41, 5.74) is 0.823. The van der Waals surface area contributed by atoms with E-state index in [-0.39, 0.29) is 17.5 Å². The van der Waals surface area contributed by atoms with Gasteiger partial charge in [-0.1, -0.05) is 12.1 Å².